The van der Waals surface area contributed by atoms with Crippen LogP contribution in [0.5, 0.6) is 0 Å². The van der Waals surface area contributed by atoms with Gasteiger partial charge < -0.3 is 15.1 Å². The molecular weight excluding hydrogens is 353 g/mol. The minimum atomic E-state index is -2.09. The number of halogens is 1. The molecule has 0 unspecified atom stereocenters. The first-order valence-electron chi connectivity index (χ1n) is 4.83. The van der Waals surface area contributed by atoms with Crippen molar-refractivity contribution in [2.24, 2.45) is 5.92 Å². The van der Waals surface area contributed by atoms with Crippen LogP contribution in [-0.4, -0.2) is 35.1 Å². The Balaban J connectivity index is 2.99. The van der Waals surface area contributed by atoms with Crippen molar-refractivity contribution in [3.63, 3.8) is 0 Å². The minimum Gasteiger partial charge on any atom is -0.480 e. The molecule has 18 heavy (non-hydrogen) atoms. The summed E-state index contributed by atoms with van der Waals surface area (Å²) in [6.07, 6.45) is 0. The van der Waals surface area contributed by atoms with Crippen molar-refractivity contribution >= 4 is 46.1 Å². The number of hydrogen-bond donors (Lipinski definition) is 2. The Bertz CT molecular complexity index is 471. The van der Waals surface area contributed by atoms with Gasteiger partial charge in [0.1, 0.15) is 0 Å². The smallest absolute Gasteiger partial charge is 0.327 e. The molecule has 0 radical (unpaired) electrons. The van der Waals surface area contributed by atoms with Crippen LogP contribution in [-0.2, 0) is 14.4 Å². The van der Waals surface area contributed by atoms with Gasteiger partial charge in [-0.3, -0.25) is 14.4 Å². The molecule has 0 aromatic heterocycles. The number of anilines is 1. The molecule has 0 saturated carbocycles. The molecule has 1 aromatic rings. The number of carboxylic acid groups (broad SMARTS) is 2. The fraction of sp³-hybridized carbons (Fsp3) is 0.182. The van der Waals surface area contributed by atoms with Gasteiger partial charge in [-0.2, -0.15) is 0 Å². The predicted molar refractivity (Wildman–Crippen MR) is 71.3 cm³/mol. The summed E-state index contributed by atoms with van der Waals surface area (Å²) in [5, 5.41) is 17.4. The monoisotopic (exact) mass is 363 g/mol. The van der Waals surface area contributed by atoms with Crippen LogP contribution in [0.15, 0.2) is 24.3 Å². The number of benzene rings is 1. The Morgan fingerprint density at radius 2 is 1.56 bits per heavy atom. The summed E-state index contributed by atoms with van der Waals surface area (Å²) < 4.78 is 0.949. The zero-order chi connectivity index (χ0) is 13.9. The van der Waals surface area contributed by atoms with Crippen molar-refractivity contribution in [1.29, 1.82) is 0 Å². The van der Waals surface area contributed by atoms with E-state index in [2.05, 4.69) is 22.6 Å². The number of carbonyl (C=O) groups excluding carboxylic acids is 1. The summed E-state index contributed by atoms with van der Waals surface area (Å²) in [7, 11) is 1.34. The van der Waals surface area contributed by atoms with E-state index in [9.17, 15) is 14.4 Å². The second-order valence-electron chi connectivity index (χ2n) is 3.48. The molecule has 2 N–H and O–H groups in total. The molecule has 0 aliphatic heterocycles. The second kappa shape index (κ2) is 5.80. The number of carboxylic acids is 2. The highest BCUT2D eigenvalue weighted by molar-refractivity contribution is 14.1. The van der Waals surface area contributed by atoms with Crippen molar-refractivity contribution in [3.8, 4) is 0 Å². The molecule has 0 bridgehead atoms. The van der Waals surface area contributed by atoms with E-state index in [0.717, 1.165) is 8.47 Å². The Morgan fingerprint density at radius 1 is 1.11 bits per heavy atom. The van der Waals surface area contributed by atoms with Gasteiger partial charge in [0.25, 0.3) is 5.91 Å². The maximum Gasteiger partial charge on any atom is 0.327 e. The maximum absolute atomic E-state index is 11.8. The van der Waals surface area contributed by atoms with Crippen LogP contribution in [0.4, 0.5) is 5.69 Å². The van der Waals surface area contributed by atoms with Crippen LogP contribution >= 0.6 is 22.6 Å². The van der Waals surface area contributed by atoms with Crippen LogP contribution in [0.2, 0.25) is 0 Å². The van der Waals surface area contributed by atoms with E-state index in [-0.39, 0.29) is 0 Å². The third-order valence-corrected chi connectivity index (χ3v) is 3.00. The van der Waals surface area contributed by atoms with Gasteiger partial charge in [-0.25, -0.2) is 0 Å². The molecule has 6 nitrogen and oxygen atoms in total. The van der Waals surface area contributed by atoms with E-state index in [4.69, 9.17) is 10.2 Å². The highest BCUT2D eigenvalue weighted by Crippen LogP contribution is 2.17. The molecule has 0 saturated heterocycles. The fourth-order valence-electron chi connectivity index (χ4n) is 1.30. The van der Waals surface area contributed by atoms with Crippen molar-refractivity contribution < 1.29 is 24.6 Å². The Labute approximate surface area is 116 Å². The fourth-order valence-corrected chi connectivity index (χ4v) is 1.66. The Kier molecular flexibility index (Phi) is 4.65. The molecule has 1 amide bonds. The normalized spacial score (nSPS) is 10.2. The molecule has 96 valence electrons. The summed E-state index contributed by atoms with van der Waals surface area (Å²) >= 11 is 2.08. The number of aliphatic carboxylic acids is 2. The van der Waals surface area contributed by atoms with Gasteiger partial charge in [-0.1, -0.05) is 0 Å². The van der Waals surface area contributed by atoms with Crippen molar-refractivity contribution in [1.82, 2.24) is 0 Å². The zero-order valence-corrected chi connectivity index (χ0v) is 11.5. The summed E-state index contributed by atoms with van der Waals surface area (Å²) in [5.74, 6) is -6.43. The van der Waals surface area contributed by atoms with Gasteiger partial charge in [0.15, 0.2) is 0 Å². The summed E-state index contributed by atoms with van der Waals surface area (Å²) in [6.45, 7) is 0. The molecule has 7 heteroatoms. The van der Waals surface area contributed by atoms with Crippen LogP contribution in [0.1, 0.15) is 0 Å². The number of rotatable bonds is 4. The predicted octanol–water partition coefficient (Wildman–Crippen LogP) is 1.04. The lowest BCUT2D eigenvalue weighted by atomic mass is 10.1. The number of amides is 1. The van der Waals surface area contributed by atoms with Crippen molar-refractivity contribution in [3.05, 3.63) is 27.8 Å². The molecule has 0 aliphatic carbocycles. The Hall–Kier alpha value is -1.64. The van der Waals surface area contributed by atoms with Crippen molar-refractivity contribution in [2.75, 3.05) is 11.9 Å². The standard InChI is InChI=1S/C11H10INO5/c1-13(7-4-2-6(12)3-5-7)9(14)8(10(15)16)11(17)18/h2-5,8H,1H3,(H,15,16)(H,17,18). The highest BCUT2D eigenvalue weighted by Gasteiger charge is 2.36. The average molecular weight is 363 g/mol. The van der Waals surface area contributed by atoms with Crippen LogP contribution in [0, 0.1) is 9.49 Å². The van der Waals surface area contributed by atoms with Gasteiger partial charge >= 0.3 is 11.9 Å². The number of carbonyl (C=O) groups is 3. The maximum atomic E-state index is 11.8. The van der Waals surface area contributed by atoms with Gasteiger partial charge in [0, 0.05) is 16.3 Å². The molecule has 0 heterocycles. The first-order valence-corrected chi connectivity index (χ1v) is 5.91. The van der Waals surface area contributed by atoms with Gasteiger partial charge in [-0.15, -0.1) is 0 Å². The first-order chi connectivity index (χ1) is 8.34. The third kappa shape index (κ3) is 3.19. The molecule has 0 aliphatic rings. The molecule has 0 spiro atoms. The van der Waals surface area contributed by atoms with Gasteiger partial charge in [-0.05, 0) is 46.9 Å². The molecule has 1 aromatic carbocycles. The highest BCUT2D eigenvalue weighted by atomic mass is 127. The van der Waals surface area contributed by atoms with Crippen molar-refractivity contribution in [2.45, 2.75) is 0 Å². The van der Waals surface area contributed by atoms with Crippen LogP contribution in [0.25, 0.3) is 0 Å². The largest absolute Gasteiger partial charge is 0.480 e. The van der Waals surface area contributed by atoms with Crippen LogP contribution in [0.3, 0.4) is 0 Å². The lowest BCUT2D eigenvalue weighted by molar-refractivity contribution is -0.157. The number of nitrogens with zero attached hydrogens (tertiary/aromatic N) is 1. The van der Waals surface area contributed by atoms with E-state index >= 15 is 0 Å². The minimum absolute atomic E-state index is 0.438. The van der Waals surface area contributed by atoms with E-state index < -0.39 is 23.8 Å². The zero-order valence-electron chi connectivity index (χ0n) is 9.33. The molecule has 0 atom stereocenters. The quantitative estimate of drug-likeness (QED) is 0.616. The average Bonchev–Trinajstić information content (AvgIpc) is 2.28. The summed E-state index contributed by atoms with van der Waals surface area (Å²) in [5.41, 5.74) is 0.438. The van der Waals surface area contributed by atoms with Crippen LogP contribution < -0.4 is 4.90 Å². The van der Waals surface area contributed by atoms with E-state index in [0.29, 0.717) is 5.69 Å². The van der Waals surface area contributed by atoms with E-state index in [1.165, 1.54) is 7.05 Å². The first kappa shape index (κ1) is 14.4. The third-order valence-electron chi connectivity index (χ3n) is 2.29. The SMILES string of the molecule is CN(C(=O)C(C(=O)O)C(=O)O)c1ccc(I)cc1. The topological polar surface area (TPSA) is 94.9 Å². The molecule has 1 rings (SSSR count). The Morgan fingerprint density at radius 3 is 1.94 bits per heavy atom. The van der Waals surface area contributed by atoms with E-state index in [1.54, 1.807) is 24.3 Å². The summed E-state index contributed by atoms with van der Waals surface area (Å²) in [4.78, 5) is 34.3. The van der Waals surface area contributed by atoms with Gasteiger partial charge in [0.2, 0.25) is 5.92 Å². The second-order valence-corrected chi connectivity index (χ2v) is 4.73. The lowest BCUT2D eigenvalue weighted by Crippen LogP contribution is -2.41. The van der Waals surface area contributed by atoms with Gasteiger partial charge in [0.05, 0.1) is 0 Å². The molecular formula is C11H10INO5. The molecule has 0 fully saturated rings. The summed E-state index contributed by atoms with van der Waals surface area (Å²) in [6, 6.07) is 6.69. The lowest BCUT2D eigenvalue weighted by Gasteiger charge is -2.19. The number of hydrogen-bond acceptors (Lipinski definition) is 3. The van der Waals surface area contributed by atoms with E-state index in [1.807, 2.05) is 0 Å².